The Bertz CT molecular complexity index is 457. The van der Waals surface area contributed by atoms with Gasteiger partial charge < -0.3 is 4.90 Å². The standard InChI is InChI=1S/C14H16N2/c1-16-8-7-12-9-15-14(13(12)10-16)11-5-3-2-4-6-11/h2-6H,7-10H2,1H3. The van der Waals surface area contributed by atoms with Gasteiger partial charge in [0.05, 0.1) is 12.3 Å². The van der Waals surface area contributed by atoms with Gasteiger partial charge in [0.2, 0.25) is 0 Å². The van der Waals surface area contributed by atoms with Crippen LogP contribution in [-0.2, 0) is 0 Å². The minimum absolute atomic E-state index is 0.924. The second-order valence-electron chi connectivity index (χ2n) is 4.60. The van der Waals surface area contributed by atoms with E-state index in [1.165, 1.54) is 29.8 Å². The van der Waals surface area contributed by atoms with Crippen LogP contribution >= 0.6 is 0 Å². The van der Waals surface area contributed by atoms with E-state index in [1.54, 1.807) is 5.57 Å². The molecule has 0 spiro atoms. The van der Waals surface area contributed by atoms with Gasteiger partial charge in [-0.2, -0.15) is 0 Å². The van der Waals surface area contributed by atoms with Crippen LogP contribution in [0.15, 0.2) is 46.5 Å². The van der Waals surface area contributed by atoms with E-state index >= 15 is 0 Å². The lowest BCUT2D eigenvalue weighted by molar-refractivity contribution is 0.354. The van der Waals surface area contributed by atoms with Gasteiger partial charge in [-0.15, -0.1) is 0 Å². The highest BCUT2D eigenvalue weighted by atomic mass is 15.1. The van der Waals surface area contributed by atoms with Gasteiger partial charge in [0.25, 0.3) is 0 Å². The average Bonchev–Trinajstić information content (AvgIpc) is 2.73. The number of likely N-dealkylation sites (N-methyl/N-ethyl adjacent to an activating group) is 1. The second kappa shape index (κ2) is 3.87. The fraction of sp³-hybridized carbons (Fsp3) is 0.357. The summed E-state index contributed by atoms with van der Waals surface area (Å²) in [4.78, 5) is 7.08. The Morgan fingerprint density at radius 1 is 1.19 bits per heavy atom. The van der Waals surface area contributed by atoms with Crippen molar-refractivity contribution in [1.29, 1.82) is 0 Å². The predicted molar refractivity (Wildman–Crippen MR) is 67.0 cm³/mol. The first-order valence-corrected chi connectivity index (χ1v) is 5.84. The van der Waals surface area contributed by atoms with Crippen molar-refractivity contribution >= 4 is 5.71 Å². The molecule has 2 aliphatic rings. The van der Waals surface area contributed by atoms with Gasteiger partial charge in [0.15, 0.2) is 0 Å². The Morgan fingerprint density at radius 3 is 2.81 bits per heavy atom. The number of rotatable bonds is 1. The van der Waals surface area contributed by atoms with Crippen LogP contribution in [0.1, 0.15) is 12.0 Å². The van der Waals surface area contributed by atoms with E-state index in [4.69, 9.17) is 4.99 Å². The maximum Gasteiger partial charge on any atom is 0.0695 e. The molecule has 0 amide bonds. The molecule has 2 aliphatic heterocycles. The summed E-state index contributed by atoms with van der Waals surface area (Å²) >= 11 is 0. The van der Waals surface area contributed by atoms with Crippen LogP contribution in [0.5, 0.6) is 0 Å². The third-order valence-electron chi connectivity index (χ3n) is 3.41. The zero-order chi connectivity index (χ0) is 11.0. The summed E-state index contributed by atoms with van der Waals surface area (Å²) in [6, 6.07) is 10.5. The minimum atomic E-state index is 0.924. The first-order chi connectivity index (χ1) is 7.84. The molecule has 16 heavy (non-hydrogen) atoms. The van der Waals surface area contributed by atoms with E-state index in [9.17, 15) is 0 Å². The molecule has 0 unspecified atom stereocenters. The van der Waals surface area contributed by atoms with Crippen molar-refractivity contribution in [3.8, 4) is 0 Å². The first-order valence-electron chi connectivity index (χ1n) is 5.84. The van der Waals surface area contributed by atoms with Crippen molar-refractivity contribution in [2.75, 3.05) is 26.7 Å². The van der Waals surface area contributed by atoms with E-state index in [1.807, 2.05) is 0 Å². The normalized spacial score (nSPS) is 20.9. The molecule has 2 heterocycles. The van der Waals surface area contributed by atoms with Gasteiger partial charge in [-0.1, -0.05) is 30.3 Å². The van der Waals surface area contributed by atoms with Crippen LogP contribution in [0.4, 0.5) is 0 Å². The molecule has 0 atom stereocenters. The zero-order valence-corrected chi connectivity index (χ0v) is 9.61. The summed E-state index contributed by atoms with van der Waals surface area (Å²) in [5, 5.41) is 0. The second-order valence-corrected chi connectivity index (χ2v) is 4.60. The van der Waals surface area contributed by atoms with Crippen molar-refractivity contribution in [2.24, 2.45) is 4.99 Å². The number of nitrogens with zero attached hydrogens (tertiary/aromatic N) is 2. The first kappa shape index (κ1) is 9.79. The summed E-state index contributed by atoms with van der Waals surface area (Å²) in [6.45, 7) is 3.16. The van der Waals surface area contributed by atoms with E-state index in [-0.39, 0.29) is 0 Å². The SMILES string of the molecule is CN1CCC2=C(C1)C(c1ccccc1)=NC2. The van der Waals surface area contributed by atoms with Crippen molar-refractivity contribution in [3.05, 3.63) is 47.0 Å². The van der Waals surface area contributed by atoms with Crippen molar-refractivity contribution in [3.63, 3.8) is 0 Å². The lowest BCUT2D eigenvalue weighted by atomic mass is 9.95. The van der Waals surface area contributed by atoms with Gasteiger partial charge in [-0.25, -0.2) is 0 Å². The molecular weight excluding hydrogens is 196 g/mol. The Balaban J connectivity index is 1.96. The van der Waals surface area contributed by atoms with E-state index in [0.717, 1.165) is 13.1 Å². The third-order valence-corrected chi connectivity index (χ3v) is 3.41. The fourth-order valence-corrected chi connectivity index (χ4v) is 2.49. The number of aliphatic imine (C=N–C) groups is 1. The molecule has 0 radical (unpaired) electrons. The molecule has 1 aromatic rings. The molecule has 0 saturated heterocycles. The topological polar surface area (TPSA) is 15.6 Å². The quantitative estimate of drug-likeness (QED) is 0.696. The Morgan fingerprint density at radius 2 is 2.00 bits per heavy atom. The summed E-state index contributed by atoms with van der Waals surface area (Å²) in [7, 11) is 2.19. The molecule has 0 aliphatic carbocycles. The molecule has 2 heteroatoms. The number of hydrogen-bond acceptors (Lipinski definition) is 2. The van der Waals surface area contributed by atoms with Crippen molar-refractivity contribution in [1.82, 2.24) is 4.90 Å². The highest BCUT2D eigenvalue weighted by Gasteiger charge is 2.24. The summed E-state index contributed by atoms with van der Waals surface area (Å²) in [5.41, 5.74) is 5.52. The number of benzene rings is 1. The minimum Gasteiger partial charge on any atom is -0.302 e. The molecule has 0 bridgehead atoms. The van der Waals surface area contributed by atoms with Crippen LogP contribution in [0.2, 0.25) is 0 Å². The molecule has 0 N–H and O–H groups in total. The molecule has 0 saturated carbocycles. The van der Waals surface area contributed by atoms with E-state index in [2.05, 4.69) is 42.3 Å². The van der Waals surface area contributed by atoms with Gasteiger partial charge in [0, 0.05) is 13.1 Å². The summed E-state index contributed by atoms with van der Waals surface area (Å²) in [5.74, 6) is 0. The monoisotopic (exact) mass is 212 g/mol. The van der Waals surface area contributed by atoms with Crippen LogP contribution < -0.4 is 0 Å². The molecule has 2 nitrogen and oxygen atoms in total. The predicted octanol–water partition coefficient (Wildman–Crippen LogP) is 2.12. The molecule has 0 fully saturated rings. The fourth-order valence-electron chi connectivity index (χ4n) is 2.49. The maximum absolute atomic E-state index is 4.70. The Labute approximate surface area is 96.3 Å². The third kappa shape index (κ3) is 1.59. The van der Waals surface area contributed by atoms with E-state index in [0.29, 0.717) is 0 Å². The lowest BCUT2D eigenvalue weighted by Crippen LogP contribution is -2.29. The Hall–Kier alpha value is -1.41. The van der Waals surface area contributed by atoms with Crippen molar-refractivity contribution in [2.45, 2.75) is 6.42 Å². The average molecular weight is 212 g/mol. The largest absolute Gasteiger partial charge is 0.302 e. The number of hydrogen-bond donors (Lipinski definition) is 0. The summed E-state index contributed by atoms with van der Waals surface area (Å²) < 4.78 is 0. The van der Waals surface area contributed by atoms with Gasteiger partial charge >= 0.3 is 0 Å². The van der Waals surface area contributed by atoms with Crippen molar-refractivity contribution < 1.29 is 0 Å². The van der Waals surface area contributed by atoms with Gasteiger partial charge in [0.1, 0.15) is 0 Å². The van der Waals surface area contributed by atoms with Crippen LogP contribution in [0.25, 0.3) is 0 Å². The van der Waals surface area contributed by atoms with Crippen LogP contribution in [0, 0.1) is 0 Å². The maximum atomic E-state index is 4.70. The lowest BCUT2D eigenvalue weighted by Gasteiger charge is -2.24. The van der Waals surface area contributed by atoms with Crippen LogP contribution in [-0.4, -0.2) is 37.3 Å². The Kier molecular flexibility index (Phi) is 2.37. The zero-order valence-electron chi connectivity index (χ0n) is 9.61. The van der Waals surface area contributed by atoms with Crippen LogP contribution in [0.3, 0.4) is 0 Å². The van der Waals surface area contributed by atoms with E-state index < -0.39 is 0 Å². The van der Waals surface area contributed by atoms with Gasteiger partial charge in [-0.3, -0.25) is 4.99 Å². The summed E-state index contributed by atoms with van der Waals surface area (Å²) in [6.07, 6.45) is 1.19. The molecule has 3 rings (SSSR count). The molecular formula is C14H16N2. The smallest absolute Gasteiger partial charge is 0.0695 e. The molecule has 1 aromatic carbocycles. The molecule has 82 valence electrons. The highest BCUT2D eigenvalue weighted by Crippen LogP contribution is 2.26. The molecule has 0 aromatic heterocycles. The highest BCUT2D eigenvalue weighted by molar-refractivity contribution is 6.14. The van der Waals surface area contributed by atoms with Gasteiger partial charge in [-0.05, 0) is 30.2 Å².